The number of ether oxygens (including phenoxy) is 3. The number of esters is 2. The van der Waals surface area contributed by atoms with E-state index < -0.39 is 35.4 Å². The molecule has 2 atom stereocenters. The maximum absolute atomic E-state index is 14.9. The van der Waals surface area contributed by atoms with Crippen molar-refractivity contribution in [2.24, 2.45) is 0 Å². The Bertz CT molecular complexity index is 1200. The standard InChI is InChI=1S/C31H40FN3O7/c1-30(2,3)42-35(13-16-36)25(20-31(4,5)32)28(37)41-26(29(38)40-22-23-9-7-6-8-10-23)19-24-11-12-27(33-21-24)34-14-17-39-18-15-34/h6-13,21,25-26H,14-15,17-20,22H2,1-5H3/t25-,26+/m0/s1. The Kier molecular flexibility index (Phi) is 11.6. The highest BCUT2D eigenvalue weighted by molar-refractivity contribution is 5.82. The first kappa shape index (κ1) is 32.7. The minimum Gasteiger partial charge on any atom is -0.458 e. The van der Waals surface area contributed by atoms with Crippen LogP contribution in [0.2, 0.25) is 0 Å². The minimum absolute atomic E-state index is 0.0317. The number of benzene rings is 1. The number of carbonyl (C=O) groups is 2. The van der Waals surface area contributed by atoms with Crippen molar-refractivity contribution >= 4 is 23.7 Å². The van der Waals surface area contributed by atoms with Gasteiger partial charge >= 0.3 is 11.9 Å². The Hall–Kier alpha value is -3.79. The van der Waals surface area contributed by atoms with Crippen LogP contribution in [0.5, 0.6) is 0 Å². The number of carbonyl (C=O) groups excluding carboxylic acids is 3. The van der Waals surface area contributed by atoms with Crippen molar-refractivity contribution in [3.05, 3.63) is 66.0 Å². The van der Waals surface area contributed by atoms with Gasteiger partial charge in [0.05, 0.1) is 18.8 Å². The molecule has 1 aromatic heterocycles. The summed E-state index contributed by atoms with van der Waals surface area (Å²) in [5.74, 6) is 0.606. The molecule has 228 valence electrons. The Balaban J connectivity index is 1.84. The number of halogens is 1. The molecule has 0 saturated carbocycles. The van der Waals surface area contributed by atoms with E-state index in [2.05, 4.69) is 9.88 Å². The van der Waals surface area contributed by atoms with Gasteiger partial charge in [-0.05, 0) is 51.8 Å². The SMILES string of the molecule is CC(C)(F)C[C@@H](C(=O)O[C@H](Cc1ccc(N2CCOCC2)nc1)C(=O)OCc1ccccc1)N(C=C=O)OC(C)(C)C. The number of anilines is 1. The van der Waals surface area contributed by atoms with Gasteiger partial charge in [-0.15, -0.1) is 0 Å². The van der Waals surface area contributed by atoms with Crippen molar-refractivity contribution in [2.45, 2.75) is 77.5 Å². The zero-order valence-electron chi connectivity index (χ0n) is 24.9. The van der Waals surface area contributed by atoms with Gasteiger partial charge in [-0.2, -0.15) is 0 Å². The fraction of sp³-hybridized carbons (Fsp3) is 0.516. The highest BCUT2D eigenvalue weighted by atomic mass is 19.1. The smallest absolute Gasteiger partial charge is 0.348 e. The van der Waals surface area contributed by atoms with Crippen LogP contribution in [0.1, 0.15) is 52.2 Å². The van der Waals surface area contributed by atoms with E-state index in [1.807, 2.05) is 24.3 Å². The third kappa shape index (κ3) is 10.9. The average molecular weight is 586 g/mol. The van der Waals surface area contributed by atoms with E-state index in [9.17, 15) is 18.8 Å². The molecule has 1 saturated heterocycles. The van der Waals surface area contributed by atoms with Gasteiger partial charge < -0.3 is 19.1 Å². The first-order chi connectivity index (χ1) is 19.8. The number of hydrogen-bond donors (Lipinski definition) is 0. The second-order valence-corrected chi connectivity index (χ2v) is 11.6. The predicted molar refractivity (Wildman–Crippen MR) is 154 cm³/mol. The number of alkyl halides is 1. The van der Waals surface area contributed by atoms with Crippen LogP contribution in [0.15, 0.2) is 54.9 Å². The Morgan fingerprint density at radius 1 is 1.07 bits per heavy atom. The summed E-state index contributed by atoms with van der Waals surface area (Å²) in [4.78, 5) is 50.5. The fourth-order valence-corrected chi connectivity index (χ4v) is 4.23. The van der Waals surface area contributed by atoms with Crippen molar-refractivity contribution in [3.63, 3.8) is 0 Å². The summed E-state index contributed by atoms with van der Waals surface area (Å²) < 4.78 is 31.5. The van der Waals surface area contributed by atoms with Crippen LogP contribution in [0.4, 0.5) is 10.2 Å². The van der Waals surface area contributed by atoms with Crippen LogP contribution in [-0.2, 0) is 46.5 Å². The summed E-state index contributed by atoms with van der Waals surface area (Å²) in [6.07, 6.45) is 0.689. The van der Waals surface area contributed by atoms with Crippen LogP contribution in [-0.4, -0.2) is 77.6 Å². The number of hydroxylamine groups is 2. The van der Waals surface area contributed by atoms with E-state index >= 15 is 0 Å². The minimum atomic E-state index is -1.84. The topological polar surface area (TPSA) is 107 Å². The monoisotopic (exact) mass is 585 g/mol. The molecule has 11 heteroatoms. The Morgan fingerprint density at radius 2 is 1.76 bits per heavy atom. The van der Waals surface area contributed by atoms with Crippen molar-refractivity contribution in [1.82, 2.24) is 10.0 Å². The lowest BCUT2D eigenvalue weighted by Crippen LogP contribution is -2.47. The fourth-order valence-electron chi connectivity index (χ4n) is 4.23. The average Bonchev–Trinajstić information content (AvgIpc) is 2.94. The quantitative estimate of drug-likeness (QED) is 0.195. The molecule has 0 radical (unpaired) electrons. The van der Waals surface area contributed by atoms with Crippen molar-refractivity contribution in [1.29, 1.82) is 0 Å². The first-order valence-electron chi connectivity index (χ1n) is 13.9. The molecule has 0 spiro atoms. The highest BCUT2D eigenvalue weighted by Crippen LogP contribution is 2.25. The van der Waals surface area contributed by atoms with Gasteiger partial charge in [0.15, 0.2) is 6.04 Å². The van der Waals surface area contributed by atoms with Crippen molar-refractivity contribution in [3.8, 4) is 0 Å². The maximum atomic E-state index is 14.9. The molecule has 3 rings (SSSR count). The summed E-state index contributed by atoms with van der Waals surface area (Å²) in [6.45, 7) is 10.3. The molecular formula is C31H40FN3O7. The zero-order valence-corrected chi connectivity index (χ0v) is 24.9. The summed E-state index contributed by atoms with van der Waals surface area (Å²) >= 11 is 0. The molecule has 1 aliphatic rings. The molecular weight excluding hydrogens is 545 g/mol. The van der Waals surface area contributed by atoms with Crippen molar-refractivity contribution < 1.29 is 37.8 Å². The molecule has 0 unspecified atom stereocenters. The van der Waals surface area contributed by atoms with Crippen molar-refractivity contribution in [2.75, 3.05) is 31.2 Å². The number of morpholine rings is 1. The molecule has 0 bridgehead atoms. The van der Waals surface area contributed by atoms with E-state index in [-0.39, 0.29) is 19.4 Å². The zero-order chi connectivity index (χ0) is 30.8. The molecule has 2 heterocycles. The van der Waals surface area contributed by atoms with Crippen LogP contribution >= 0.6 is 0 Å². The second kappa shape index (κ2) is 14.9. The predicted octanol–water partition coefficient (Wildman–Crippen LogP) is 4.00. The van der Waals surface area contributed by atoms with Gasteiger partial charge in [0, 0.05) is 32.1 Å². The summed E-state index contributed by atoms with van der Waals surface area (Å²) in [5, 5.41) is 0.932. The molecule has 0 aliphatic carbocycles. The molecule has 0 N–H and O–H groups in total. The summed E-state index contributed by atoms with van der Waals surface area (Å²) in [7, 11) is 0. The van der Waals surface area contributed by atoms with Gasteiger partial charge in [-0.1, -0.05) is 36.4 Å². The number of hydrogen-bond acceptors (Lipinski definition) is 10. The van der Waals surface area contributed by atoms with E-state index in [0.29, 0.717) is 31.9 Å². The third-order valence-corrected chi connectivity index (χ3v) is 6.13. The van der Waals surface area contributed by atoms with Crippen LogP contribution < -0.4 is 4.90 Å². The largest absolute Gasteiger partial charge is 0.458 e. The number of pyridine rings is 1. The Labute approximate surface area is 246 Å². The van der Waals surface area contributed by atoms with Gasteiger partial charge in [-0.3, -0.25) is 4.84 Å². The van der Waals surface area contributed by atoms with Gasteiger partial charge in [0.25, 0.3) is 0 Å². The molecule has 42 heavy (non-hydrogen) atoms. The number of rotatable bonds is 13. The second-order valence-electron chi connectivity index (χ2n) is 11.6. The van der Waals surface area contributed by atoms with E-state index in [1.54, 1.807) is 51.1 Å². The summed E-state index contributed by atoms with van der Waals surface area (Å²) in [5.41, 5.74) is -1.30. The molecule has 1 aromatic carbocycles. The lowest BCUT2D eigenvalue weighted by Gasteiger charge is -2.35. The number of aromatic nitrogens is 1. The normalized spacial score (nSPS) is 15.2. The lowest BCUT2D eigenvalue weighted by atomic mass is 10.0. The molecule has 1 aliphatic heterocycles. The number of nitrogens with zero attached hydrogens (tertiary/aromatic N) is 3. The highest BCUT2D eigenvalue weighted by Gasteiger charge is 2.38. The third-order valence-electron chi connectivity index (χ3n) is 6.13. The van der Waals surface area contributed by atoms with Crippen LogP contribution in [0, 0.1) is 0 Å². The van der Waals surface area contributed by atoms with Gasteiger partial charge in [-0.25, -0.2) is 28.8 Å². The molecule has 2 aromatic rings. The molecule has 1 fully saturated rings. The molecule has 10 nitrogen and oxygen atoms in total. The maximum Gasteiger partial charge on any atom is 0.348 e. The van der Waals surface area contributed by atoms with Gasteiger partial charge in [0.2, 0.25) is 6.10 Å². The van der Waals surface area contributed by atoms with Crippen LogP contribution in [0.3, 0.4) is 0 Å². The first-order valence-corrected chi connectivity index (χ1v) is 13.9. The van der Waals surface area contributed by atoms with E-state index in [1.165, 1.54) is 13.8 Å². The lowest BCUT2D eigenvalue weighted by molar-refractivity contribution is -0.230. The van der Waals surface area contributed by atoms with E-state index in [4.69, 9.17) is 19.0 Å². The van der Waals surface area contributed by atoms with Gasteiger partial charge in [0.1, 0.15) is 30.2 Å². The van der Waals surface area contributed by atoms with Crippen LogP contribution in [0.25, 0.3) is 0 Å². The Morgan fingerprint density at radius 3 is 2.33 bits per heavy atom. The van der Waals surface area contributed by atoms with E-state index in [0.717, 1.165) is 22.6 Å². The summed E-state index contributed by atoms with van der Waals surface area (Å²) in [6, 6.07) is 11.3. The molecule has 0 amide bonds.